The largest absolute Gasteiger partial charge is 0.478 e. The molecule has 0 spiro atoms. The fraction of sp³-hybridized carbons (Fsp3) is 0. The van der Waals surface area contributed by atoms with Crippen LogP contribution in [0.5, 0.6) is 0 Å². The maximum atomic E-state index is 10.7. The highest BCUT2D eigenvalue weighted by molar-refractivity contribution is 14.1. The van der Waals surface area contributed by atoms with Gasteiger partial charge in [-0.3, -0.25) is 0 Å². The van der Waals surface area contributed by atoms with Crippen LogP contribution in [-0.2, 0) is 0 Å². The van der Waals surface area contributed by atoms with Gasteiger partial charge in [-0.2, -0.15) is 5.26 Å². The van der Waals surface area contributed by atoms with Crippen molar-refractivity contribution in [2.75, 3.05) is 0 Å². The summed E-state index contributed by atoms with van der Waals surface area (Å²) in [6.07, 6.45) is 0. The molecule has 0 unspecified atom stereocenters. The minimum atomic E-state index is -1.01. The topological polar surface area (TPSA) is 61.1 Å². The minimum absolute atomic E-state index is 0.171. The molecule has 5 heteroatoms. The molecule has 1 aromatic rings. The van der Waals surface area contributed by atoms with Crippen molar-refractivity contribution in [3.8, 4) is 6.07 Å². The summed E-state index contributed by atoms with van der Waals surface area (Å²) in [5.41, 5.74) is 0.558. The van der Waals surface area contributed by atoms with Gasteiger partial charge in [0.05, 0.1) is 11.1 Å². The Balaban J connectivity index is 3.42. The molecule has 3 nitrogen and oxygen atoms in total. The summed E-state index contributed by atoms with van der Waals surface area (Å²) in [6.45, 7) is 0. The first-order valence-corrected chi connectivity index (χ1v) is 4.75. The number of aromatic carboxylic acids is 1. The molecule has 13 heavy (non-hydrogen) atoms. The summed E-state index contributed by atoms with van der Waals surface area (Å²) >= 11 is 5.92. The molecule has 0 heterocycles. The van der Waals surface area contributed by atoms with Gasteiger partial charge >= 0.3 is 5.97 Å². The maximum Gasteiger partial charge on any atom is 0.336 e. The van der Waals surface area contributed by atoms with Gasteiger partial charge < -0.3 is 5.11 Å². The number of carboxylic acid groups (broad SMARTS) is 1. The molecule has 0 bridgehead atoms. The number of hydrogen-bond acceptors (Lipinski definition) is 3. The van der Waals surface area contributed by atoms with E-state index >= 15 is 0 Å². The van der Waals surface area contributed by atoms with E-state index in [0.717, 1.165) is 0 Å². The zero-order chi connectivity index (χ0) is 10.0. The van der Waals surface area contributed by atoms with E-state index in [4.69, 9.17) is 10.4 Å². The standard InChI is InChI=1S/C8H4INO2S/c9-6-5(8(11)12)2-1-4(3-10)7(6)13/h1-2,13H,(H,11,12). The van der Waals surface area contributed by atoms with Crippen LogP contribution in [0.1, 0.15) is 15.9 Å². The zero-order valence-corrected chi connectivity index (χ0v) is 9.33. The molecule has 0 saturated carbocycles. The van der Waals surface area contributed by atoms with Gasteiger partial charge in [-0.25, -0.2) is 4.79 Å². The smallest absolute Gasteiger partial charge is 0.336 e. The minimum Gasteiger partial charge on any atom is -0.478 e. The Morgan fingerprint density at radius 3 is 2.69 bits per heavy atom. The van der Waals surface area contributed by atoms with E-state index in [0.29, 0.717) is 14.0 Å². The lowest BCUT2D eigenvalue weighted by atomic mass is 10.1. The van der Waals surface area contributed by atoms with E-state index in [1.54, 1.807) is 0 Å². The second-order valence-corrected chi connectivity index (χ2v) is 3.77. The molecule has 66 valence electrons. The second kappa shape index (κ2) is 3.98. The number of thiol groups is 1. The summed E-state index contributed by atoms with van der Waals surface area (Å²) in [5.74, 6) is -1.01. The van der Waals surface area contributed by atoms with Gasteiger partial charge in [-0.15, -0.1) is 12.6 Å². The quantitative estimate of drug-likeness (QED) is 0.617. The lowest BCUT2D eigenvalue weighted by Crippen LogP contribution is -2.01. The monoisotopic (exact) mass is 305 g/mol. The van der Waals surface area contributed by atoms with E-state index in [9.17, 15) is 4.79 Å². The SMILES string of the molecule is N#Cc1ccc(C(=O)O)c(I)c1S. The average molecular weight is 305 g/mol. The molecule has 1 rings (SSSR count). The fourth-order valence-electron chi connectivity index (χ4n) is 0.820. The zero-order valence-electron chi connectivity index (χ0n) is 6.28. The molecule has 0 amide bonds. The molecule has 0 saturated heterocycles. The van der Waals surface area contributed by atoms with Gasteiger partial charge in [-0.1, -0.05) is 0 Å². The Morgan fingerprint density at radius 2 is 2.23 bits per heavy atom. The van der Waals surface area contributed by atoms with Gasteiger partial charge in [-0.05, 0) is 34.7 Å². The van der Waals surface area contributed by atoms with Crippen molar-refractivity contribution in [1.82, 2.24) is 0 Å². The van der Waals surface area contributed by atoms with Crippen molar-refractivity contribution >= 4 is 41.2 Å². The molecule has 1 N–H and O–H groups in total. The van der Waals surface area contributed by atoms with Crippen LogP contribution in [0.15, 0.2) is 17.0 Å². The molecule has 0 fully saturated rings. The molecule has 0 atom stereocenters. The molecule has 0 radical (unpaired) electrons. The van der Waals surface area contributed by atoms with Crippen LogP contribution in [0.25, 0.3) is 0 Å². The highest BCUT2D eigenvalue weighted by Gasteiger charge is 2.12. The highest BCUT2D eigenvalue weighted by atomic mass is 127. The molecule has 1 aromatic carbocycles. The number of carbonyl (C=O) groups is 1. The van der Waals surface area contributed by atoms with Crippen molar-refractivity contribution in [2.24, 2.45) is 0 Å². The molecule has 0 aliphatic heterocycles. The van der Waals surface area contributed by atoms with Crippen molar-refractivity contribution in [3.63, 3.8) is 0 Å². The number of halogens is 1. The van der Waals surface area contributed by atoms with Crippen LogP contribution in [-0.4, -0.2) is 11.1 Å². The predicted molar refractivity (Wildman–Crippen MR) is 58.1 cm³/mol. The van der Waals surface area contributed by atoms with E-state index in [2.05, 4.69) is 12.6 Å². The molecule has 0 aliphatic carbocycles. The van der Waals surface area contributed by atoms with Gasteiger partial charge in [0.2, 0.25) is 0 Å². The van der Waals surface area contributed by atoms with Crippen molar-refractivity contribution < 1.29 is 9.90 Å². The van der Waals surface area contributed by atoms with E-state index in [-0.39, 0.29) is 5.56 Å². The average Bonchev–Trinajstić information content (AvgIpc) is 2.09. The first-order chi connectivity index (χ1) is 6.07. The van der Waals surface area contributed by atoms with Crippen LogP contribution < -0.4 is 0 Å². The lowest BCUT2D eigenvalue weighted by Gasteiger charge is -2.02. The Morgan fingerprint density at radius 1 is 1.62 bits per heavy atom. The van der Waals surface area contributed by atoms with Gasteiger partial charge in [0, 0.05) is 8.47 Å². The Bertz CT molecular complexity index is 411. The van der Waals surface area contributed by atoms with Crippen molar-refractivity contribution in [2.45, 2.75) is 4.90 Å². The van der Waals surface area contributed by atoms with Gasteiger partial charge in [0.1, 0.15) is 6.07 Å². The van der Waals surface area contributed by atoms with Crippen LogP contribution in [0.4, 0.5) is 0 Å². The van der Waals surface area contributed by atoms with Crippen LogP contribution in [0, 0.1) is 14.9 Å². The highest BCUT2D eigenvalue weighted by Crippen LogP contribution is 2.24. The number of carboxylic acids is 1. The number of benzene rings is 1. The summed E-state index contributed by atoms with van der Waals surface area (Å²) in [7, 11) is 0. The Hall–Kier alpha value is -0.740. The third-order valence-electron chi connectivity index (χ3n) is 1.47. The normalized spacial score (nSPS) is 9.31. The maximum absolute atomic E-state index is 10.7. The molecule has 0 aromatic heterocycles. The number of nitrogens with zero attached hydrogens (tertiary/aromatic N) is 1. The first kappa shape index (κ1) is 10.3. The third-order valence-corrected chi connectivity index (χ3v) is 3.48. The number of hydrogen-bond donors (Lipinski definition) is 2. The first-order valence-electron chi connectivity index (χ1n) is 3.22. The van der Waals surface area contributed by atoms with E-state index < -0.39 is 5.97 Å². The fourth-order valence-corrected chi connectivity index (χ4v) is 1.77. The summed E-state index contributed by atoms with van der Waals surface area (Å²) in [6, 6.07) is 4.79. The lowest BCUT2D eigenvalue weighted by molar-refractivity contribution is 0.0695. The van der Waals surface area contributed by atoms with Crippen molar-refractivity contribution in [1.29, 1.82) is 5.26 Å². The predicted octanol–water partition coefficient (Wildman–Crippen LogP) is 2.15. The number of rotatable bonds is 1. The van der Waals surface area contributed by atoms with E-state index in [1.807, 2.05) is 28.7 Å². The van der Waals surface area contributed by atoms with Crippen LogP contribution in [0.3, 0.4) is 0 Å². The van der Waals surface area contributed by atoms with Crippen LogP contribution >= 0.6 is 35.2 Å². The molecular weight excluding hydrogens is 301 g/mol. The van der Waals surface area contributed by atoms with Crippen molar-refractivity contribution in [3.05, 3.63) is 26.8 Å². The Labute approximate surface area is 93.9 Å². The summed E-state index contributed by atoms with van der Waals surface area (Å²) in [5, 5.41) is 17.4. The summed E-state index contributed by atoms with van der Waals surface area (Å²) < 4.78 is 0.493. The number of nitriles is 1. The second-order valence-electron chi connectivity index (χ2n) is 2.24. The van der Waals surface area contributed by atoms with Gasteiger partial charge in [0.15, 0.2) is 0 Å². The van der Waals surface area contributed by atoms with Gasteiger partial charge in [0.25, 0.3) is 0 Å². The molecule has 0 aliphatic rings. The molecular formula is C8H4INO2S. The van der Waals surface area contributed by atoms with Crippen LogP contribution in [0.2, 0.25) is 0 Å². The van der Waals surface area contributed by atoms with E-state index in [1.165, 1.54) is 12.1 Å². The summed E-state index contributed by atoms with van der Waals surface area (Å²) in [4.78, 5) is 11.1. The Kier molecular flexibility index (Phi) is 3.17. The third kappa shape index (κ3) is 1.95.